The topological polar surface area (TPSA) is 35.5 Å². The van der Waals surface area contributed by atoms with Crippen LogP contribution >= 0.6 is 0 Å². The highest BCUT2D eigenvalue weighted by Crippen LogP contribution is 2.11. The van der Waals surface area contributed by atoms with Gasteiger partial charge in [-0.3, -0.25) is 10.4 Å². The van der Waals surface area contributed by atoms with Crippen LogP contribution in [0.1, 0.15) is 12.5 Å². The summed E-state index contributed by atoms with van der Waals surface area (Å²) in [5.41, 5.74) is 4.50. The highest BCUT2D eigenvalue weighted by Gasteiger charge is 2.03. The average molecular weight is 194 g/mol. The fraction of sp³-hybridized carbons (Fsp3) is 0.455. The average Bonchev–Trinajstić information content (AvgIpc) is 2.07. The first kappa shape index (κ1) is 11.0. The van der Waals surface area contributed by atoms with Gasteiger partial charge in [0.1, 0.15) is 5.75 Å². The van der Waals surface area contributed by atoms with Crippen molar-refractivity contribution in [3.8, 4) is 5.75 Å². The zero-order valence-corrected chi connectivity index (χ0v) is 8.99. The van der Waals surface area contributed by atoms with E-state index in [0.29, 0.717) is 11.8 Å². The molecule has 0 aliphatic rings. The molecule has 0 saturated carbocycles. The third-order valence-corrected chi connectivity index (χ3v) is 1.96. The van der Waals surface area contributed by atoms with E-state index in [1.807, 2.05) is 31.2 Å². The SMILES string of the molecule is CC(Cc1ccc(O)cc1)NN(C)C. The minimum Gasteiger partial charge on any atom is -0.508 e. The van der Waals surface area contributed by atoms with Gasteiger partial charge >= 0.3 is 0 Å². The van der Waals surface area contributed by atoms with Crippen LogP contribution in [0.5, 0.6) is 5.75 Å². The fourth-order valence-corrected chi connectivity index (χ4v) is 1.47. The third kappa shape index (κ3) is 3.77. The molecule has 1 atom stereocenters. The minimum absolute atomic E-state index is 0.321. The molecule has 14 heavy (non-hydrogen) atoms. The second-order valence-corrected chi connectivity index (χ2v) is 3.80. The molecule has 1 unspecified atom stereocenters. The Balaban J connectivity index is 2.47. The van der Waals surface area contributed by atoms with E-state index < -0.39 is 0 Å². The van der Waals surface area contributed by atoms with Gasteiger partial charge in [0.15, 0.2) is 0 Å². The monoisotopic (exact) mass is 194 g/mol. The van der Waals surface area contributed by atoms with E-state index in [1.165, 1.54) is 5.56 Å². The van der Waals surface area contributed by atoms with Crippen molar-refractivity contribution < 1.29 is 5.11 Å². The van der Waals surface area contributed by atoms with Crippen LogP contribution in [-0.2, 0) is 6.42 Å². The largest absolute Gasteiger partial charge is 0.508 e. The number of benzene rings is 1. The summed E-state index contributed by atoms with van der Waals surface area (Å²) in [6.45, 7) is 2.13. The number of hydrogen-bond donors (Lipinski definition) is 2. The highest BCUT2D eigenvalue weighted by atomic mass is 16.3. The zero-order chi connectivity index (χ0) is 10.6. The lowest BCUT2D eigenvalue weighted by Crippen LogP contribution is -2.39. The molecule has 78 valence electrons. The number of aromatic hydroxyl groups is 1. The molecular weight excluding hydrogens is 176 g/mol. The molecule has 0 bridgehead atoms. The van der Waals surface area contributed by atoms with Crippen molar-refractivity contribution in [2.24, 2.45) is 0 Å². The number of phenols is 1. The number of nitrogens with zero attached hydrogens (tertiary/aromatic N) is 1. The van der Waals surface area contributed by atoms with E-state index in [9.17, 15) is 0 Å². The third-order valence-electron chi connectivity index (χ3n) is 1.96. The van der Waals surface area contributed by atoms with Crippen LogP contribution < -0.4 is 5.43 Å². The fourth-order valence-electron chi connectivity index (χ4n) is 1.47. The second-order valence-electron chi connectivity index (χ2n) is 3.80. The number of nitrogens with one attached hydrogen (secondary N) is 1. The molecule has 1 aromatic carbocycles. The minimum atomic E-state index is 0.321. The van der Waals surface area contributed by atoms with Gasteiger partial charge in [-0.25, -0.2) is 0 Å². The van der Waals surface area contributed by atoms with E-state index in [2.05, 4.69) is 12.3 Å². The number of hydrazine groups is 1. The highest BCUT2D eigenvalue weighted by molar-refractivity contribution is 5.26. The van der Waals surface area contributed by atoms with E-state index in [-0.39, 0.29) is 0 Å². The van der Waals surface area contributed by atoms with E-state index in [0.717, 1.165) is 6.42 Å². The van der Waals surface area contributed by atoms with Crippen molar-refractivity contribution in [2.45, 2.75) is 19.4 Å². The van der Waals surface area contributed by atoms with Crippen molar-refractivity contribution in [1.82, 2.24) is 10.4 Å². The summed E-state index contributed by atoms with van der Waals surface area (Å²) in [4.78, 5) is 0. The normalized spacial score (nSPS) is 13.1. The van der Waals surface area contributed by atoms with E-state index in [1.54, 1.807) is 12.1 Å². The summed E-state index contributed by atoms with van der Waals surface area (Å²) in [6, 6.07) is 7.73. The van der Waals surface area contributed by atoms with Crippen LogP contribution in [-0.4, -0.2) is 30.3 Å². The van der Waals surface area contributed by atoms with Gasteiger partial charge < -0.3 is 5.11 Å². The van der Waals surface area contributed by atoms with Gasteiger partial charge in [0, 0.05) is 20.1 Å². The molecule has 0 fully saturated rings. The van der Waals surface area contributed by atoms with Gasteiger partial charge in [0.2, 0.25) is 0 Å². The van der Waals surface area contributed by atoms with Gasteiger partial charge in [-0.15, -0.1) is 0 Å². The molecule has 3 nitrogen and oxygen atoms in total. The molecule has 0 aromatic heterocycles. The number of rotatable bonds is 4. The molecule has 1 aromatic rings. The van der Waals surface area contributed by atoms with Crippen LogP contribution in [0.3, 0.4) is 0 Å². The van der Waals surface area contributed by atoms with Crippen molar-refractivity contribution >= 4 is 0 Å². The standard InChI is InChI=1S/C11H18N2O/c1-9(12-13(2)3)8-10-4-6-11(14)7-5-10/h4-7,9,12,14H,8H2,1-3H3. The molecule has 1 rings (SSSR count). The molecule has 0 amide bonds. The van der Waals surface area contributed by atoms with Gasteiger partial charge in [0.05, 0.1) is 0 Å². The van der Waals surface area contributed by atoms with E-state index >= 15 is 0 Å². The number of hydrogen-bond acceptors (Lipinski definition) is 3. The van der Waals surface area contributed by atoms with Gasteiger partial charge in [-0.05, 0) is 31.0 Å². The molecule has 0 saturated heterocycles. The predicted molar refractivity (Wildman–Crippen MR) is 58.1 cm³/mol. The van der Waals surface area contributed by atoms with E-state index in [4.69, 9.17) is 5.11 Å². The summed E-state index contributed by atoms with van der Waals surface area (Å²) >= 11 is 0. The Bertz CT molecular complexity index is 269. The first-order valence-electron chi connectivity index (χ1n) is 4.79. The summed E-state index contributed by atoms with van der Waals surface area (Å²) < 4.78 is 0. The quantitative estimate of drug-likeness (QED) is 0.711. The smallest absolute Gasteiger partial charge is 0.115 e. The summed E-state index contributed by atoms with van der Waals surface area (Å²) in [6.07, 6.45) is 0.957. The molecular formula is C11H18N2O. The molecule has 0 spiro atoms. The molecule has 0 aliphatic heterocycles. The van der Waals surface area contributed by atoms with Crippen molar-refractivity contribution in [1.29, 1.82) is 0 Å². The van der Waals surface area contributed by atoms with Crippen molar-refractivity contribution in [3.05, 3.63) is 29.8 Å². The lowest BCUT2D eigenvalue weighted by Gasteiger charge is -2.19. The lowest BCUT2D eigenvalue weighted by molar-refractivity contribution is 0.249. The Kier molecular flexibility index (Phi) is 3.92. The molecule has 2 N–H and O–H groups in total. The summed E-state index contributed by atoms with van der Waals surface area (Å²) in [5.74, 6) is 0.321. The van der Waals surface area contributed by atoms with Gasteiger partial charge in [-0.1, -0.05) is 12.1 Å². The van der Waals surface area contributed by atoms with Crippen LogP contribution in [0.4, 0.5) is 0 Å². The maximum Gasteiger partial charge on any atom is 0.115 e. The Labute approximate surface area is 85.3 Å². The Hall–Kier alpha value is -1.06. The van der Waals surface area contributed by atoms with Crippen LogP contribution in [0, 0.1) is 0 Å². The first-order valence-corrected chi connectivity index (χ1v) is 4.79. The Morgan fingerprint density at radius 2 is 1.86 bits per heavy atom. The molecule has 0 heterocycles. The summed E-state index contributed by atoms with van der Waals surface area (Å²) in [5, 5.41) is 11.1. The van der Waals surface area contributed by atoms with Gasteiger partial charge in [-0.2, -0.15) is 0 Å². The molecule has 0 aliphatic carbocycles. The van der Waals surface area contributed by atoms with Crippen molar-refractivity contribution in [3.63, 3.8) is 0 Å². The number of phenolic OH excluding ortho intramolecular Hbond substituents is 1. The maximum absolute atomic E-state index is 9.11. The van der Waals surface area contributed by atoms with Crippen LogP contribution in [0.15, 0.2) is 24.3 Å². The zero-order valence-electron chi connectivity index (χ0n) is 8.99. The maximum atomic E-state index is 9.11. The van der Waals surface area contributed by atoms with Gasteiger partial charge in [0.25, 0.3) is 0 Å². The second kappa shape index (κ2) is 4.98. The molecule has 0 radical (unpaired) electrons. The lowest BCUT2D eigenvalue weighted by atomic mass is 10.1. The predicted octanol–water partition coefficient (Wildman–Crippen LogP) is 1.39. The summed E-state index contributed by atoms with van der Waals surface area (Å²) in [7, 11) is 3.96. The molecule has 3 heteroatoms. The van der Waals surface area contributed by atoms with Crippen LogP contribution in [0.25, 0.3) is 0 Å². The van der Waals surface area contributed by atoms with Crippen LogP contribution in [0.2, 0.25) is 0 Å². The first-order chi connectivity index (χ1) is 6.58. The Morgan fingerprint density at radius 3 is 2.36 bits per heavy atom. The Morgan fingerprint density at radius 1 is 1.29 bits per heavy atom. The van der Waals surface area contributed by atoms with Crippen molar-refractivity contribution in [2.75, 3.05) is 14.1 Å².